The Kier molecular flexibility index (Phi) is 6.44. The molecule has 5 nitrogen and oxygen atoms in total. The number of ether oxygens (including phenoxy) is 1. The van der Waals surface area contributed by atoms with Crippen LogP contribution in [-0.4, -0.2) is 17.9 Å². The molecule has 2 aromatic rings. The normalized spacial score (nSPS) is 10.6. The summed E-state index contributed by atoms with van der Waals surface area (Å²) in [5.41, 5.74) is 3.72. The van der Waals surface area contributed by atoms with Crippen LogP contribution in [-0.2, 0) is 6.54 Å². The van der Waals surface area contributed by atoms with Crippen LogP contribution >= 0.6 is 12.2 Å². The molecule has 1 aromatic heterocycles. The number of hydrogen-bond donors (Lipinski definition) is 2. The Morgan fingerprint density at radius 2 is 2.14 bits per heavy atom. The van der Waals surface area contributed by atoms with Crippen molar-refractivity contribution in [1.29, 1.82) is 0 Å². The lowest BCUT2D eigenvalue weighted by Crippen LogP contribution is -2.31. The average Bonchev–Trinajstić information content (AvgIpc) is 3.06. The van der Waals surface area contributed by atoms with Crippen LogP contribution in [0.4, 0.5) is 0 Å². The van der Waals surface area contributed by atoms with E-state index < -0.39 is 0 Å². The van der Waals surface area contributed by atoms with Crippen LogP contribution in [0.1, 0.15) is 24.7 Å². The van der Waals surface area contributed by atoms with Crippen LogP contribution in [0.2, 0.25) is 0 Å². The molecule has 6 heteroatoms. The molecule has 1 aromatic carbocycles. The van der Waals surface area contributed by atoms with E-state index in [1.165, 1.54) is 0 Å². The van der Waals surface area contributed by atoms with Gasteiger partial charge in [0.15, 0.2) is 5.11 Å². The van der Waals surface area contributed by atoms with Gasteiger partial charge >= 0.3 is 0 Å². The summed E-state index contributed by atoms with van der Waals surface area (Å²) in [6, 6.07) is 11.4. The molecule has 0 aliphatic heterocycles. The second-order valence-corrected chi connectivity index (χ2v) is 4.96. The minimum absolute atomic E-state index is 0.440. The van der Waals surface area contributed by atoms with E-state index in [2.05, 4.69) is 22.8 Å². The number of nitrogens with one attached hydrogen (secondary N) is 2. The Labute approximate surface area is 135 Å². The molecule has 0 saturated heterocycles. The van der Waals surface area contributed by atoms with Gasteiger partial charge in [-0.15, -0.1) is 0 Å². The van der Waals surface area contributed by atoms with Crippen LogP contribution in [0.3, 0.4) is 0 Å². The number of rotatable bonds is 7. The fourth-order valence-corrected chi connectivity index (χ4v) is 1.78. The predicted molar refractivity (Wildman–Crippen MR) is 91.1 cm³/mol. The van der Waals surface area contributed by atoms with Crippen molar-refractivity contribution in [2.75, 3.05) is 6.61 Å². The van der Waals surface area contributed by atoms with Gasteiger partial charge in [-0.2, -0.15) is 5.10 Å². The molecule has 0 radical (unpaired) electrons. The monoisotopic (exact) mass is 317 g/mol. The van der Waals surface area contributed by atoms with Crippen LogP contribution < -0.4 is 15.5 Å². The summed E-state index contributed by atoms with van der Waals surface area (Å²) in [5, 5.41) is 7.52. The van der Waals surface area contributed by atoms with Crippen molar-refractivity contribution < 1.29 is 9.15 Å². The highest BCUT2D eigenvalue weighted by molar-refractivity contribution is 7.80. The van der Waals surface area contributed by atoms with Gasteiger partial charge in [0.05, 0.1) is 25.6 Å². The van der Waals surface area contributed by atoms with Crippen LogP contribution in [0.5, 0.6) is 5.75 Å². The number of furan rings is 1. The van der Waals surface area contributed by atoms with E-state index in [9.17, 15) is 0 Å². The Balaban J connectivity index is 1.73. The minimum Gasteiger partial charge on any atom is -0.494 e. The van der Waals surface area contributed by atoms with E-state index in [-0.39, 0.29) is 0 Å². The summed E-state index contributed by atoms with van der Waals surface area (Å²) in [7, 11) is 0. The molecule has 2 rings (SSSR count). The molecule has 22 heavy (non-hydrogen) atoms. The zero-order chi connectivity index (χ0) is 15.6. The van der Waals surface area contributed by atoms with Gasteiger partial charge in [-0.3, -0.25) is 5.43 Å². The van der Waals surface area contributed by atoms with Crippen molar-refractivity contribution in [3.8, 4) is 5.75 Å². The zero-order valence-corrected chi connectivity index (χ0v) is 13.2. The predicted octanol–water partition coefficient (Wildman–Crippen LogP) is 3.07. The van der Waals surface area contributed by atoms with Crippen molar-refractivity contribution in [3.05, 3.63) is 54.0 Å². The fourth-order valence-electron chi connectivity index (χ4n) is 1.66. The largest absolute Gasteiger partial charge is 0.494 e. The van der Waals surface area contributed by atoms with Gasteiger partial charge in [0, 0.05) is 0 Å². The SMILES string of the molecule is CCCOc1ccc(/C=N\NC(=S)NCc2ccco2)cc1. The molecule has 0 aliphatic rings. The summed E-state index contributed by atoms with van der Waals surface area (Å²) in [4.78, 5) is 0. The molecule has 0 saturated carbocycles. The fraction of sp³-hybridized carbons (Fsp3) is 0.250. The van der Waals surface area contributed by atoms with Gasteiger partial charge in [-0.05, 0) is 60.6 Å². The molecule has 0 spiro atoms. The summed E-state index contributed by atoms with van der Waals surface area (Å²) in [6.45, 7) is 3.33. The first-order chi connectivity index (χ1) is 10.8. The molecule has 0 fully saturated rings. The third kappa shape index (κ3) is 5.57. The summed E-state index contributed by atoms with van der Waals surface area (Å²) < 4.78 is 10.7. The molecular weight excluding hydrogens is 298 g/mol. The highest BCUT2D eigenvalue weighted by Crippen LogP contribution is 2.11. The number of thiocarbonyl (C=S) groups is 1. The van der Waals surface area contributed by atoms with Gasteiger partial charge in [-0.1, -0.05) is 6.92 Å². The third-order valence-corrected chi connectivity index (χ3v) is 2.97. The second kappa shape index (κ2) is 8.84. The van der Waals surface area contributed by atoms with E-state index in [4.69, 9.17) is 21.4 Å². The molecule has 0 aliphatic carbocycles. The Hall–Kier alpha value is -2.34. The maximum atomic E-state index is 5.52. The third-order valence-electron chi connectivity index (χ3n) is 2.74. The maximum absolute atomic E-state index is 5.52. The minimum atomic E-state index is 0.440. The Bertz CT molecular complexity index is 594. The summed E-state index contributed by atoms with van der Waals surface area (Å²) in [5.74, 6) is 1.68. The Morgan fingerprint density at radius 3 is 2.82 bits per heavy atom. The smallest absolute Gasteiger partial charge is 0.187 e. The van der Waals surface area contributed by atoms with Crippen LogP contribution in [0.15, 0.2) is 52.2 Å². The Morgan fingerprint density at radius 1 is 1.32 bits per heavy atom. The molecular formula is C16H19N3O2S. The number of nitrogens with zero attached hydrogens (tertiary/aromatic N) is 1. The van der Waals surface area contributed by atoms with Gasteiger partial charge < -0.3 is 14.5 Å². The van der Waals surface area contributed by atoms with Crippen molar-refractivity contribution in [2.45, 2.75) is 19.9 Å². The second-order valence-electron chi connectivity index (χ2n) is 4.55. The standard InChI is InChI=1S/C16H19N3O2S/c1-2-9-20-14-7-5-13(6-8-14)11-18-19-16(22)17-12-15-4-3-10-21-15/h3-8,10-11H,2,9,12H2,1H3,(H2,17,19,22)/b18-11-. The van der Waals surface area contributed by atoms with Gasteiger partial charge in [0.2, 0.25) is 0 Å². The number of hydrogen-bond acceptors (Lipinski definition) is 4. The van der Waals surface area contributed by atoms with E-state index in [1.54, 1.807) is 12.5 Å². The molecule has 0 unspecified atom stereocenters. The number of hydrazone groups is 1. The maximum Gasteiger partial charge on any atom is 0.187 e. The van der Waals surface area contributed by atoms with Crippen LogP contribution in [0, 0.1) is 0 Å². The molecule has 116 valence electrons. The quantitative estimate of drug-likeness (QED) is 0.467. The topological polar surface area (TPSA) is 58.8 Å². The van der Waals surface area contributed by atoms with E-state index in [0.717, 1.165) is 30.1 Å². The lowest BCUT2D eigenvalue weighted by molar-refractivity contribution is 0.317. The zero-order valence-electron chi connectivity index (χ0n) is 12.4. The first-order valence-electron chi connectivity index (χ1n) is 7.10. The molecule has 0 bridgehead atoms. The summed E-state index contributed by atoms with van der Waals surface area (Å²) >= 11 is 5.11. The highest BCUT2D eigenvalue weighted by Gasteiger charge is 1.97. The molecule has 0 atom stereocenters. The molecule has 2 N–H and O–H groups in total. The first kappa shape index (κ1) is 16.0. The lowest BCUT2D eigenvalue weighted by Gasteiger charge is -2.05. The number of benzene rings is 1. The van der Waals surface area contributed by atoms with E-state index >= 15 is 0 Å². The summed E-state index contributed by atoms with van der Waals surface area (Å²) in [6.07, 6.45) is 4.32. The van der Waals surface area contributed by atoms with Gasteiger partial charge in [-0.25, -0.2) is 0 Å². The first-order valence-corrected chi connectivity index (χ1v) is 7.51. The van der Waals surface area contributed by atoms with Crippen LogP contribution in [0.25, 0.3) is 0 Å². The van der Waals surface area contributed by atoms with E-state index in [0.29, 0.717) is 11.7 Å². The highest BCUT2D eigenvalue weighted by atomic mass is 32.1. The molecule has 1 heterocycles. The van der Waals surface area contributed by atoms with E-state index in [1.807, 2.05) is 36.4 Å². The van der Waals surface area contributed by atoms with Gasteiger partial charge in [0.25, 0.3) is 0 Å². The van der Waals surface area contributed by atoms with Crippen molar-refractivity contribution in [1.82, 2.24) is 10.7 Å². The van der Waals surface area contributed by atoms with Gasteiger partial charge in [0.1, 0.15) is 11.5 Å². The van der Waals surface area contributed by atoms with Crippen molar-refractivity contribution in [2.24, 2.45) is 5.10 Å². The average molecular weight is 317 g/mol. The lowest BCUT2D eigenvalue weighted by atomic mass is 10.2. The van der Waals surface area contributed by atoms with Crippen molar-refractivity contribution >= 4 is 23.5 Å². The van der Waals surface area contributed by atoms with Crippen molar-refractivity contribution in [3.63, 3.8) is 0 Å². The molecule has 0 amide bonds.